The summed E-state index contributed by atoms with van der Waals surface area (Å²) in [6.45, 7) is 2.10. The summed E-state index contributed by atoms with van der Waals surface area (Å²) in [7, 11) is 0. The van der Waals surface area contributed by atoms with Crippen LogP contribution >= 0.6 is 0 Å². The van der Waals surface area contributed by atoms with Crippen LogP contribution in [-0.4, -0.2) is 24.9 Å². The van der Waals surface area contributed by atoms with Gasteiger partial charge < -0.3 is 5.73 Å². The van der Waals surface area contributed by atoms with Gasteiger partial charge in [-0.3, -0.25) is 24.9 Å². The molecule has 6 heteroatoms. The Morgan fingerprint density at radius 1 is 0.500 bits per heavy atom. The molecule has 5 aromatic heterocycles. The molecule has 5 heterocycles. The second kappa shape index (κ2) is 15.0. The van der Waals surface area contributed by atoms with Crippen molar-refractivity contribution in [2.75, 3.05) is 0 Å². The highest BCUT2D eigenvalue weighted by atomic mass is 14.6. The Morgan fingerprint density at radius 3 is 1.20 bits per heavy atom. The zero-order chi connectivity index (χ0) is 34.1. The van der Waals surface area contributed by atoms with Crippen LogP contribution < -0.4 is 5.73 Å². The van der Waals surface area contributed by atoms with Crippen molar-refractivity contribution in [3.05, 3.63) is 177 Å². The maximum Gasteiger partial charge on any atom is 0.0273 e. The smallest absolute Gasteiger partial charge is 0.0273 e. The van der Waals surface area contributed by atoms with Crippen LogP contribution in [0.4, 0.5) is 0 Å². The van der Waals surface area contributed by atoms with Gasteiger partial charge in [0.05, 0.1) is 0 Å². The molecule has 0 aliphatic carbocycles. The van der Waals surface area contributed by atoms with Gasteiger partial charge in [-0.1, -0.05) is 6.92 Å². The number of hydrogen-bond acceptors (Lipinski definition) is 6. The van der Waals surface area contributed by atoms with E-state index in [1.54, 1.807) is 6.20 Å². The molecule has 0 spiro atoms. The lowest BCUT2D eigenvalue weighted by atomic mass is 9.82. The number of hydrogen-bond donors (Lipinski definition) is 1. The van der Waals surface area contributed by atoms with Gasteiger partial charge in [0.1, 0.15) is 0 Å². The predicted octanol–water partition coefficient (Wildman–Crippen LogP) is 10.1. The van der Waals surface area contributed by atoms with Crippen molar-refractivity contribution in [1.29, 1.82) is 0 Å². The van der Waals surface area contributed by atoms with Crippen molar-refractivity contribution in [3.63, 3.8) is 0 Å². The third-order valence-electron chi connectivity index (χ3n) is 8.54. The summed E-state index contributed by atoms with van der Waals surface area (Å²) < 4.78 is 0. The topological polar surface area (TPSA) is 90.5 Å². The SMILES string of the molecule is CCC=C=C(/C=C\N)c1c(-c2ccncc2)cc(-c2cc(-c3ccncc3)c(-c3ccncc3)c(-c3ccncc3)c2)cc1-c1ccncc1. The van der Waals surface area contributed by atoms with Gasteiger partial charge in [0.2, 0.25) is 0 Å². The third kappa shape index (κ3) is 6.65. The molecule has 2 N–H and O–H groups in total. The highest BCUT2D eigenvalue weighted by molar-refractivity contribution is 6.00. The molecule has 50 heavy (non-hydrogen) atoms. The summed E-state index contributed by atoms with van der Waals surface area (Å²) in [5.41, 5.74) is 24.2. The van der Waals surface area contributed by atoms with Crippen LogP contribution in [0.1, 0.15) is 18.9 Å². The normalized spacial score (nSPS) is 10.9. The molecule has 0 amide bonds. The Labute approximate surface area is 292 Å². The van der Waals surface area contributed by atoms with Gasteiger partial charge in [-0.2, -0.15) is 0 Å². The number of nitrogens with two attached hydrogens (primary N) is 1. The molecule has 0 saturated heterocycles. The number of aromatic nitrogens is 5. The van der Waals surface area contributed by atoms with Gasteiger partial charge >= 0.3 is 0 Å². The van der Waals surface area contributed by atoms with Gasteiger partial charge in [-0.25, -0.2) is 0 Å². The standard InChI is InChI=1S/C44H34N6/c1-2-3-4-35(5-16-45)43-39(31-6-17-46-18-7-31)27-37(28-40(43)32-8-19-47-20-9-32)38-29-41(33-10-21-48-22-11-33)44(36-14-25-50-26-15-36)42(30-38)34-12-23-49-24-13-34/h3,5-30H,2,45H2,1H3/b16-5-. The molecule has 7 aromatic rings. The average Bonchev–Trinajstić information content (AvgIpc) is 3.20. The molecule has 0 atom stereocenters. The molecule has 0 aliphatic rings. The number of allylic oxidation sites excluding steroid dienone is 2. The predicted molar refractivity (Wildman–Crippen MR) is 203 cm³/mol. The van der Waals surface area contributed by atoms with Crippen LogP contribution in [0.25, 0.3) is 72.3 Å². The summed E-state index contributed by atoms with van der Waals surface area (Å²) in [6.07, 6.45) is 24.7. The number of nitrogens with zero attached hydrogens (tertiary/aromatic N) is 5. The minimum absolute atomic E-state index is 0.842. The Kier molecular flexibility index (Phi) is 9.54. The van der Waals surface area contributed by atoms with Gasteiger partial charge in [0.25, 0.3) is 0 Å². The molecule has 240 valence electrons. The maximum atomic E-state index is 6.05. The summed E-state index contributed by atoms with van der Waals surface area (Å²) in [5.74, 6) is 0. The molecule has 7 rings (SSSR count). The molecule has 0 unspecified atom stereocenters. The van der Waals surface area contributed by atoms with E-state index in [2.05, 4.69) is 98.2 Å². The molecular weight excluding hydrogens is 613 g/mol. The lowest BCUT2D eigenvalue weighted by Gasteiger charge is -2.21. The first-order valence-electron chi connectivity index (χ1n) is 16.5. The first kappa shape index (κ1) is 31.8. The molecule has 2 aromatic carbocycles. The van der Waals surface area contributed by atoms with Crippen molar-refractivity contribution in [2.45, 2.75) is 13.3 Å². The summed E-state index contributed by atoms with van der Waals surface area (Å²) in [5, 5.41) is 0. The van der Waals surface area contributed by atoms with Crippen molar-refractivity contribution in [2.24, 2.45) is 5.73 Å². The maximum absolute atomic E-state index is 6.05. The monoisotopic (exact) mass is 646 g/mol. The fourth-order valence-corrected chi connectivity index (χ4v) is 6.29. The molecule has 6 nitrogen and oxygen atoms in total. The van der Waals surface area contributed by atoms with Crippen LogP contribution in [0.3, 0.4) is 0 Å². The molecular formula is C44H34N6. The van der Waals surface area contributed by atoms with Gasteiger partial charge in [-0.15, -0.1) is 5.73 Å². The largest absolute Gasteiger partial charge is 0.405 e. The van der Waals surface area contributed by atoms with E-state index < -0.39 is 0 Å². The van der Waals surface area contributed by atoms with Crippen LogP contribution in [0, 0.1) is 0 Å². The highest BCUT2D eigenvalue weighted by Gasteiger charge is 2.21. The Morgan fingerprint density at radius 2 is 0.840 bits per heavy atom. The van der Waals surface area contributed by atoms with E-state index in [0.29, 0.717) is 0 Å². The number of pyridine rings is 5. The molecule has 0 saturated carbocycles. The Hall–Kier alpha value is -6.75. The van der Waals surface area contributed by atoms with Crippen LogP contribution in [0.2, 0.25) is 0 Å². The summed E-state index contributed by atoms with van der Waals surface area (Å²) >= 11 is 0. The average molecular weight is 647 g/mol. The van der Waals surface area contributed by atoms with E-state index in [1.807, 2.05) is 98.4 Å². The van der Waals surface area contributed by atoms with E-state index in [4.69, 9.17) is 5.73 Å². The Bertz CT molecular complexity index is 2190. The number of rotatable bonds is 9. The Balaban J connectivity index is 1.61. The third-order valence-corrected chi connectivity index (χ3v) is 8.54. The quantitative estimate of drug-likeness (QED) is 0.124. The van der Waals surface area contributed by atoms with Crippen molar-refractivity contribution in [3.8, 4) is 66.8 Å². The van der Waals surface area contributed by atoms with Gasteiger partial charge in [-0.05, 0) is 176 Å². The summed E-state index contributed by atoms with van der Waals surface area (Å²) in [4.78, 5) is 21.7. The van der Waals surface area contributed by atoms with E-state index in [-0.39, 0.29) is 0 Å². The second-order valence-electron chi connectivity index (χ2n) is 11.6. The van der Waals surface area contributed by atoms with E-state index >= 15 is 0 Å². The lowest BCUT2D eigenvalue weighted by molar-refractivity contribution is 1.23. The minimum atomic E-state index is 0.842. The van der Waals surface area contributed by atoms with E-state index in [9.17, 15) is 0 Å². The van der Waals surface area contributed by atoms with E-state index in [1.165, 1.54) is 0 Å². The van der Waals surface area contributed by atoms with Crippen molar-refractivity contribution >= 4 is 5.57 Å². The van der Waals surface area contributed by atoms with Crippen molar-refractivity contribution < 1.29 is 0 Å². The van der Waals surface area contributed by atoms with Gasteiger partial charge in [0.15, 0.2) is 0 Å². The molecule has 0 aliphatic heterocycles. The second-order valence-corrected chi connectivity index (χ2v) is 11.6. The zero-order valence-corrected chi connectivity index (χ0v) is 27.6. The van der Waals surface area contributed by atoms with E-state index in [0.717, 1.165) is 84.3 Å². The van der Waals surface area contributed by atoms with Crippen LogP contribution in [0.5, 0.6) is 0 Å². The first-order chi connectivity index (χ1) is 24.7. The summed E-state index contributed by atoms with van der Waals surface area (Å²) in [6, 6.07) is 29.6. The molecule has 0 fully saturated rings. The van der Waals surface area contributed by atoms with Gasteiger partial charge in [0, 0.05) is 73.1 Å². The van der Waals surface area contributed by atoms with Crippen LogP contribution in [-0.2, 0) is 0 Å². The zero-order valence-electron chi connectivity index (χ0n) is 27.6. The van der Waals surface area contributed by atoms with Crippen LogP contribution in [0.15, 0.2) is 171 Å². The molecule has 0 bridgehead atoms. The minimum Gasteiger partial charge on any atom is -0.405 e. The highest BCUT2D eigenvalue weighted by Crippen LogP contribution is 2.46. The molecule has 0 radical (unpaired) electrons. The fraction of sp³-hybridized carbons (Fsp3) is 0.0455. The number of benzene rings is 2. The fourth-order valence-electron chi connectivity index (χ4n) is 6.29. The van der Waals surface area contributed by atoms with Crippen molar-refractivity contribution in [1.82, 2.24) is 24.9 Å². The lowest BCUT2D eigenvalue weighted by Crippen LogP contribution is -1.98. The first-order valence-corrected chi connectivity index (χ1v) is 16.5.